The molecule has 7 heteroatoms. The Morgan fingerprint density at radius 3 is 2.88 bits per heavy atom. The highest BCUT2D eigenvalue weighted by atomic mass is 32.1. The second-order valence-corrected chi connectivity index (χ2v) is 7.99. The van der Waals surface area contributed by atoms with E-state index in [-0.39, 0.29) is 11.9 Å². The van der Waals surface area contributed by atoms with Crippen molar-refractivity contribution in [1.29, 1.82) is 0 Å². The van der Waals surface area contributed by atoms with Gasteiger partial charge in [0.2, 0.25) is 5.91 Å². The first-order valence-corrected chi connectivity index (χ1v) is 10.2. The van der Waals surface area contributed by atoms with Crippen molar-refractivity contribution in [3.05, 3.63) is 38.4 Å². The molecule has 0 atom stereocenters. The zero-order valence-corrected chi connectivity index (χ0v) is 16.1. The van der Waals surface area contributed by atoms with Crippen LogP contribution in [-0.4, -0.2) is 36.5 Å². The maximum atomic E-state index is 12.5. The van der Waals surface area contributed by atoms with E-state index in [1.165, 1.54) is 11.3 Å². The lowest BCUT2D eigenvalue weighted by Gasteiger charge is -2.25. The van der Waals surface area contributed by atoms with Gasteiger partial charge in [-0.1, -0.05) is 13.0 Å². The fourth-order valence-corrected chi connectivity index (χ4v) is 4.97. The quantitative estimate of drug-likeness (QED) is 0.781. The highest BCUT2D eigenvalue weighted by molar-refractivity contribution is 7.17. The first-order valence-electron chi connectivity index (χ1n) is 8.48. The number of amides is 1. The van der Waals surface area contributed by atoms with Crippen molar-refractivity contribution in [2.75, 3.05) is 25.0 Å². The number of carbonyl (C=O) groups excluding carboxylic acids is 2. The molecule has 2 aromatic rings. The molecule has 0 spiro atoms. The van der Waals surface area contributed by atoms with Crippen LogP contribution < -0.4 is 5.32 Å². The van der Waals surface area contributed by atoms with Gasteiger partial charge in [-0.2, -0.15) is 0 Å². The van der Waals surface area contributed by atoms with E-state index in [1.54, 1.807) is 18.3 Å². The molecule has 3 heterocycles. The highest BCUT2D eigenvalue weighted by Gasteiger charge is 2.29. The maximum Gasteiger partial charge on any atom is 0.341 e. The Morgan fingerprint density at radius 1 is 1.36 bits per heavy atom. The van der Waals surface area contributed by atoms with Crippen LogP contribution in [0.25, 0.3) is 0 Å². The summed E-state index contributed by atoms with van der Waals surface area (Å²) in [6, 6.07) is 3.87. The molecule has 0 radical (unpaired) electrons. The number of fused-ring (bicyclic) bond motifs is 1. The van der Waals surface area contributed by atoms with Crippen LogP contribution in [0.3, 0.4) is 0 Å². The van der Waals surface area contributed by atoms with E-state index in [0.29, 0.717) is 23.6 Å². The molecule has 134 valence electrons. The smallest absolute Gasteiger partial charge is 0.341 e. The molecular weight excluding hydrogens is 356 g/mol. The summed E-state index contributed by atoms with van der Waals surface area (Å²) in [7, 11) is 0. The van der Waals surface area contributed by atoms with E-state index in [1.807, 2.05) is 17.5 Å². The number of thiophene rings is 2. The van der Waals surface area contributed by atoms with Crippen LogP contribution in [0.5, 0.6) is 0 Å². The third-order valence-corrected chi connectivity index (χ3v) is 6.24. The van der Waals surface area contributed by atoms with Gasteiger partial charge in [-0.3, -0.25) is 9.69 Å². The number of hydrogen-bond donors (Lipinski definition) is 1. The molecule has 0 bridgehead atoms. The number of nitrogens with one attached hydrogen (secondary N) is 1. The predicted molar refractivity (Wildman–Crippen MR) is 102 cm³/mol. The molecule has 0 aromatic carbocycles. The molecule has 5 nitrogen and oxygen atoms in total. The number of ether oxygens (including phenoxy) is 1. The molecule has 25 heavy (non-hydrogen) atoms. The molecular formula is C18H22N2O3S2. The van der Waals surface area contributed by atoms with Gasteiger partial charge >= 0.3 is 5.97 Å². The largest absolute Gasteiger partial charge is 0.462 e. The Morgan fingerprint density at radius 2 is 2.20 bits per heavy atom. The Kier molecular flexibility index (Phi) is 5.88. The average Bonchev–Trinajstić information content (AvgIpc) is 3.21. The van der Waals surface area contributed by atoms with Crippen LogP contribution in [0.1, 0.15) is 39.5 Å². The molecule has 0 fully saturated rings. The van der Waals surface area contributed by atoms with Crippen LogP contribution in [0.15, 0.2) is 17.5 Å². The zero-order valence-electron chi connectivity index (χ0n) is 14.5. The number of rotatable bonds is 6. The minimum Gasteiger partial charge on any atom is -0.462 e. The van der Waals surface area contributed by atoms with Gasteiger partial charge in [0.05, 0.1) is 18.6 Å². The van der Waals surface area contributed by atoms with E-state index in [0.717, 1.165) is 41.4 Å². The van der Waals surface area contributed by atoms with Crippen LogP contribution in [0.4, 0.5) is 5.00 Å². The second-order valence-electron chi connectivity index (χ2n) is 5.85. The van der Waals surface area contributed by atoms with E-state index in [9.17, 15) is 9.59 Å². The molecule has 0 aliphatic carbocycles. The summed E-state index contributed by atoms with van der Waals surface area (Å²) in [4.78, 5) is 29.4. The SMILES string of the molecule is CCOC(=O)c1c(NC(=O)Cc2cccs2)sc2c1CCN(CC)C2. The first kappa shape index (κ1) is 18.1. The van der Waals surface area contributed by atoms with Gasteiger partial charge < -0.3 is 10.1 Å². The molecule has 0 saturated heterocycles. The van der Waals surface area contributed by atoms with Gasteiger partial charge in [0, 0.05) is 22.8 Å². The Hall–Kier alpha value is -1.70. The molecule has 1 amide bonds. The predicted octanol–water partition coefficient (Wildman–Crippen LogP) is 3.55. The Balaban J connectivity index is 1.85. The standard InChI is InChI=1S/C18H22N2O3S2/c1-3-20-8-7-13-14(11-20)25-17(16(13)18(22)23-4-2)19-15(21)10-12-6-5-9-24-12/h5-6,9H,3-4,7-8,10-11H2,1-2H3,(H,19,21). The molecule has 0 saturated carbocycles. The van der Waals surface area contributed by atoms with Gasteiger partial charge in [0.15, 0.2) is 0 Å². The number of hydrogen-bond acceptors (Lipinski definition) is 6. The van der Waals surface area contributed by atoms with Crippen LogP contribution in [0, 0.1) is 0 Å². The fraction of sp³-hybridized carbons (Fsp3) is 0.444. The van der Waals surface area contributed by atoms with Crippen LogP contribution in [0.2, 0.25) is 0 Å². The number of likely N-dealkylation sites (N-methyl/N-ethyl adjacent to an activating group) is 1. The third-order valence-electron chi connectivity index (χ3n) is 4.23. The third kappa shape index (κ3) is 4.11. The van der Waals surface area contributed by atoms with E-state index in [2.05, 4.69) is 17.1 Å². The minimum absolute atomic E-state index is 0.0982. The topological polar surface area (TPSA) is 58.6 Å². The highest BCUT2D eigenvalue weighted by Crippen LogP contribution is 2.37. The van der Waals surface area contributed by atoms with Crippen molar-refractivity contribution in [3.8, 4) is 0 Å². The molecule has 3 rings (SSSR count). The summed E-state index contributed by atoms with van der Waals surface area (Å²) in [5.74, 6) is -0.435. The second kappa shape index (κ2) is 8.12. The number of esters is 1. The molecule has 1 N–H and O–H groups in total. The number of carbonyl (C=O) groups is 2. The summed E-state index contributed by atoms with van der Waals surface area (Å²) < 4.78 is 5.24. The molecule has 0 unspecified atom stereocenters. The normalized spacial score (nSPS) is 14.2. The van der Waals surface area contributed by atoms with Gasteiger partial charge in [-0.15, -0.1) is 22.7 Å². The van der Waals surface area contributed by atoms with Crippen molar-refractivity contribution in [2.45, 2.75) is 33.2 Å². The maximum absolute atomic E-state index is 12.5. The number of nitrogens with zero attached hydrogens (tertiary/aromatic N) is 1. The monoisotopic (exact) mass is 378 g/mol. The van der Waals surface area contributed by atoms with Gasteiger partial charge in [-0.25, -0.2) is 4.79 Å². The molecule has 2 aromatic heterocycles. The van der Waals surface area contributed by atoms with Crippen molar-refractivity contribution in [2.24, 2.45) is 0 Å². The first-order chi connectivity index (χ1) is 12.1. The van der Waals surface area contributed by atoms with Gasteiger partial charge in [-0.05, 0) is 36.9 Å². The van der Waals surface area contributed by atoms with Crippen LogP contribution in [-0.2, 0) is 28.9 Å². The van der Waals surface area contributed by atoms with Crippen molar-refractivity contribution >= 4 is 39.6 Å². The Labute approximate surface area is 155 Å². The number of anilines is 1. The summed E-state index contributed by atoms with van der Waals surface area (Å²) in [6.07, 6.45) is 1.14. The minimum atomic E-state index is -0.337. The zero-order chi connectivity index (χ0) is 17.8. The van der Waals surface area contributed by atoms with E-state index in [4.69, 9.17) is 4.74 Å². The summed E-state index contributed by atoms with van der Waals surface area (Å²) in [6.45, 7) is 6.98. The van der Waals surface area contributed by atoms with Crippen LogP contribution >= 0.6 is 22.7 Å². The van der Waals surface area contributed by atoms with E-state index < -0.39 is 0 Å². The summed E-state index contributed by atoms with van der Waals surface area (Å²) >= 11 is 3.06. The van der Waals surface area contributed by atoms with E-state index >= 15 is 0 Å². The lowest BCUT2D eigenvalue weighted by molar-refractivity contribution is -0.115. The Bertz CT molecular complexity index is 753. The average molecular weight is 379 g/mol. The molecule has 1 aliphatic rings. The van der Waals surface area contributed by atoms with Gasteiger partial charge in [0.1, 0.15) is 5.00 Å². The molecule has 1 aliphatic heterocycles. The summed E-state index contributed by atoms with van der Waals surface area (Å²) in [5, 5.41) is 5.53. The summed E-state index contributed by atoms with van der Waals surface area (Å²) in [5.41, 5.74) is 1.59. The van der Waals surface area contributed by atoms with Crippen molar-refractivity contribution < 1.29 is 14.3 Å². The lowest BCUT2D eigenvalue weighted by Crippen LogP contribution is -2.30. The van der Waals surface area contributed by atoms with Gasteiger partial charge in [0.25, 0.3) is 0 Å². The van der Waals surface area contributed by atoms with Crippen molar-refractivity contribution in [1.82, 2.24) is 4.90 Å². The fourth-order valence-electron chi connectivity index (χ4n) is 2.98. The lowest BCUT2D eigenvalue weighted by atomic mass is 10.0. The van der Waals surface area contributed by atoms with Crippen molar-refractivity contribution in [3.63, 3.8) is 0 Å².